The van der Waals surface area contributed by atoms with Crippen molar-refractivity contribution in [2.24, 2.45) is 11.8 Å². The maximum Gasteiger partial charge on any atom is 0.240 e. The lowest BCUT2D eigenvalue weighted by atomic mass is 9.61. The highest BCUT2D eigenvalue weighted by Crippen LogP contribution is 2.52. The zero-order valence-corrected chi connectivity index (χ0v) is 18.6. The van der Waals surface area contributed by atoms with E-state index in [0.717, 1.165) is 57.9 Å². The maximum atomic E-state index is 13.0. The van der Waals surface area contributed by atoms with Crippen LogP contribution < -0.4 is 4.72 Å². The van der Waals surface area contributed by atoms with Crippen LogP contribution in [0.2, 0.25) is 5.02 Å². The standard InChI is InChI=1S/C22H31ClN2O3S/c1-2-5-18-19-6-3-7-21(26)25-15-4-13-22(19,25)14-12-20(18)24-29(27,28)17-10-8-16(23)9-11-17/h8-11,18-20,24H,2-7,12-15H2,1H3/t18-,19+,20+,22-/m1/s1. The van der Waals surface area contributed by atoms with E-state index in [1.54, 1.807) is 24.3 Å². The molecule has 2 saturated heterocycles. The molecule has 4 atom stereocenters. The molecule has 0 unspecified atom stereocenters. The predicted molar refractivity (Wildman–Crippen MR) is 114 cm³/mol. The first kappa shape index (κ1) is 21.1. The molecular formula is C22H31ClN2O3S. The largest absolute Gasteiger partial charge is 0.337 e. The average Bonchev–Trinajstić information content (AvgIpc) is 3.05. The fourth-order valence-corrected chi connectivity index (χ4v) is 7.70. The lowest BCUT2D eigenvalue weighted by Gasteiger charge is -2.53. The number of sulfonamides is 1. The molecule has 29 heavy (non-hydrogen) atoms. The zero-order chi connectivity index (χ0) is 20.6. The Morgan fingerprint density at radius 2 is 1.93 bits per heavy atom. The van der Waals surface area contributed by atoms with Gasteiger partial charge in [-0.15, -0.1) is 0 Å². The summed E-state index contributed by atoms with van der Waals surface area (Å²) in [5.41, 5.74) is -0.0460. The van der Waals surface area contributed by atoms with Gasteiger partial charge in [0.15, 0.2) is 0 Å². The highest BCUT2D eigenvalue weighted by molar-refractivity contribution is 7.89. The molecule has 0 radical (unpaired) electrons. The van der Waals surface area contributed by atoms with E-state index in [2.05, 4.69) is 16.5 Å². The summed E-state index contributed by atoms with van der Waals surface area (Å²) >= 11 is 5.93. The third-order valence-electron chi connectivity index (χ3n) is 7.40. The fraction of sp³-hybridized carbons (Fsp3) is 0.682. The minimum atomic E-state index is -3.60. The molecule has 1 aliphatic carbocycles. The van der Waals surface area contributed by atoms with Crippen molar-refractivity contribution in [2.75, 3.05) is 6.54 Å². The minimum absolute atomic E-state index is 0.0460. The number of amides is 1. The number of hydrogen-bond donors (Lipinski definition) is 1. The smallest absolute Gasteiger partial charge is 0.240 e. The van der Waals surface area contributed by atoms with Crippen LogP contribution in [0.25, 0.3) is 0 Å². The van der Waals surface area contributed by atoms with Crippen molar-refractivity contribution in [3.8, 4) is 0 Å². The number of halogens is 1. The van der Waals surface area contributed by atoms with Gasteiger partial charge in [-0.25, -0.2) is 13.1 Å². The van der Waals surface area contributed by atoms with E-state index in [-0.39, 0.29) is 22.4 Å². The molecule has 1 N–H and O–H groups in total. The highest BCUT2D eigenvalue weighted by atomic mass is 35.5. The summed E-state index contributed by atoms with van der Waals surface area (Å²) in [4.78, 5) is 15.2. The molecule has 0 aromatic heterocycles. The van der Waals surface area contributed by atoms with E-state index in [9.17, 15) is 13.2 Å². The van der Waals surface area contributed by atoms with Crippen LogP contribution in [0.3, 0.4) is 0 Å². The van der Waals surface area contributed by atoms with Gasteiger partial charge in [-0.1, -0.05) is 24.9 Å². The number of carbonyl (C=O) groups excluding carboxylic acids is 1. The lowest BCUT2D eigenvalue weighted by Crippen LogP contribution is -2.60. The van der Waals surface area contributed by atoms with Crippen LogP contribution in [-0.2, 0) is 14.8 Å². The molecule has 1 spiro atoms. The first-order valence-corrected chi connectivity index (χ1v) is 12.8. The van der Waals surface area contributed by atoms with Gasteiger partial charge in [0.25, 0.3) is 0 Å². The number of nitrogens with one attached hydrogen (secondary N) is 1. The van der Waals surface area contributed by atoms with Crippen LogP contribution in [0, 0.1) is 11.8 Å². The molecule has 2 heterocycles. The second-order valence-electron chi connectivity index (χ2n) is 8.92. The van der Waals surface area contributed by atoms with E-state index in [1.165, 1.54) is 0 Å². The number of carbonyl (C=O) groups is 1. The van der Waals surface area contributed by atoms with Crippen LogP contribution >= 0.6 is 11.6 Å². The molecule has 1 amide bonds. The highest BCUT2D eigenvalue weighted by Gasteiger charge is 2.56. The van der Waals surface area contributed by atoms with Gasteiger partial charge in [-0.3, -0.25) is 4.79 Å². The lowest BCUT2D eigenvalue weighted by molar-refractivity contribution is -0.138. The van der Waals surface area contributed by atoms with Crippen molar-refractivity contribution >= 4 is 27.5 Å². The van der Waals surface area contributed by atoms with Crippen molar-refractivity contribution in [1.29, 1.82) is 0 Å². The molecule has 4 rings (SSSR count). The molecule has 1 saturated carbocycles. The van der Waals surface area contributed by atoms with Crippen LogP contribution in [0.15, 0.2) is 29.2 Å². The van der Waals surface area contributed by atoms with E-state index < -0.39 is 10.0 Å². The minimum Gasteiger partial charge on any atom is -0.337 e. The van der Waals surface area contributed by atoms with E-state index >= 15 is 0 Å². The summed E-state index contributed by atoms with van der Waals surface area (Å²) in [6, 6.07) is 6.27. The van der Waals surface area contributed by atoms with Crippen LogP contribution in [0.1, 0.15) is 64.7 Å². The van der Waals surface area contributed by atoms with E-state index in [4.69, 9.17) is 11.6 Å². The molecular weight excluding hydrogens is 408 g/mol. The van der Waals surface area contributed by atoms with Gasteiger partial charge in [0.1, 0.15) is 0 Å². The second kappa shape index (κ2) is 8.20. The Bertz CT molecular complexity index is 857. The van der Waals surface area contributed by atoms with Gasteiger partial charge in [0.2, 0.25) is 15.9 Å². The van der Waals surface area contributed by atoms with Crippen molar-refractivity contribution in [2.45, 2.75) is 81.2 Å². The van der Waals surface area contributed by atoms with Gasteiger partial charge in [0.05, 0.1) is 4.90 Å². The summed E-state index contributed by atoms with van der Waals surface area (Å²) in [6.07, 6.45) is 8.41. The quantitative estimate of drug-likeness (QED) is 0.742. The van der Waals surface area contributed by atoms with Crippen molar-refractivity contribution in [3.05, 3.63) is 29.3 Å². The Morgan fingerprint density at radius 3 is 2.66 bits per heavy atom. The SMILES string of the molecule is CCC[C@H]1[C@@H](NS(=O)(=O)c2ccc(Cl)cc2)CC[C@@]23CCCN2C(=O)CCC[C@@H]13. The van der Waals surface area contributed by atoms with Crippen LogP contribution in [-0.4, -0.2) is 37.4 Å². The molecule has 3 fully saturated rings. The first-order valence-electron chi connectivity index (χ1n) is 11.0. The molecule has 1 aromatic rings. The third kappa shape index (κ3) is 3.84. The Hall–Kier alpha value is -1.11. The number of nitrogens with zero attached hydrogens (tertiary/aromatic N) is 1. The average molecular weight is 439 g/mol. The molecule has 2 aliphatic heterocycles. The maximum absolute atomic E-state index is 13.0. The first-order chi connectivity index (χ1) is 13.9. The third-order valence-corrected chi connectivity index (χ3v) is 9.16. The predicted octanol–water partition coefficient (Wildman–Crippen LogP) is 4.36. The van der Waals surface area contributed by atoms with Gasteiger partial charge < -0.3 is 4.90 Å². The Balaban J connectivity index is 1.62. The molecule has 1 aromatic carbocycles. The van der Waals surface area contributed by atoms with Gasteiger partial charge in [-0.05, 0) is 81.0 Å². The van der Waals surface area contributed by atoms with Crippen molar-refractivity contribution in [3.63, 3.8) is 0 Å². The molecule has 7 heteroatoms. The van der Waals surface area contributed by atoms with Crippen molar-refractivity contribution < 1.29 is 13.2 Å². The normalized spacial score (nSPS) is 32.6. The van der Waals surface area contributed by atoms with Crippen LogP contribution in [0.4, 0.5) is 0 Å². The summed E-state index contributed by atoms with van der Waals surface area (Å²) in [7, 11) is -3.60. The molecule has 0 bridgehead atoms. The number of rotatable bonds is 5. The monoisotopic (exact) mass is 438 g/mol. The summed E-state index contributed by atoms with van der Waals surface area (Å²) < 4.78 is 29.1. The molecule has 3 aliphatic rings. The Labute approximate surface area is 179 Å². The number of hydrogen-bond acceptors (Lipinski definition) is 3. The van der Waals surface area contributed by atoms with Gasteiger partial charge >= 0.3 is 0 Å². The van der Waals surface area contributed by atoms with E-state index in [0.29, 0.717) is 23.3 Å². The Morgan fingerprint density at radius 1 is 1.17 bits per heavy atom. The summed E-state index contributed by atoms with van der Waals surface area (Å²) in [5, 5.41) is 0.525. The topological polar surface area (TPSA) is 66.5 Å². The van der Waals surface area contributed by atoms with Crippen molar-refractivity contribution in [1.82, 2.24) is 9.62 Å². The van der Waals surface area contributed by atoms with Gasteiger partial charge in [-0.2, -0.15) is 0 Å². The second-order valence-corrected chi connectivity index (χ2v) is 11.1. The fourth-order valence-electron chi connectivity index (χ4n) is 6.26. The molecule has 160 valence electrons. The Kier molecular flexibility index (Phi) is 5.97. The molecule has 5 nitrogen and oxygen atoms in total. The zero-order valence-electron chi connectivity index (χ0n) is 17.1. The van der Waals surface area contributed by atoms with Crippen LogP contribution in [0.5, 0.6) is 0 Å². The van der Waals surface area contributed by atoms with E-state index in [1.807, 2.05) is 0 Å². The summed E-state index contributed by atoms with van der Waals surface area (Å²) in [6.45, 7) is 3.04. The number of benzene rings is 1. The summed E-state index contributed by atoms with van der Waals surface area (Å²) in [5.74, 6) is 0.950. The van der Waals surface area contributed by atoms with Gasteiger partial charge in [0, 0.05) is 29.6 Å².